The van der Waals surface area contributed by atoms with Gasteiger partial charge in [-0.25, -0.2) is 0 Å². The molecule has 0 amide bonds. The number of carboxylic acids is 1. The third kappa shape index (κ3) is 4.99. The number of aliphatic hydroxyl groups excluding tert-OH is 1. The Morgan fingerprint density at radius 1 is 1.46 bits per heavy atom. The number of hydrogen-bond acceptors (Lipinski definition) is 3. The zero-order chi connectivity index (χ0) is 10.5. The van der Waals surface area contributed by atoms with Crippen molar-refractivity contribution in [3.8, 4) is 0 Å². The average Bonchev–Trinajstić information content (AvgIpc) is 1.94. The maximum absolute atomic E-state index is 11.9. The van der Waals surface area contributed by atoms with Crippen molar-refractivity contribution in [3.05, 3.63) is 0 Å². The van der Waals surface area contributed by atoms with Crippen LogP contribution in [0.15, 0.2) is 0 Å². The standard InChI is InChI=1S/C6H9F3O3S/c7-6(8,9)4(5(11)12)3-13-2-1-10/h4,10H,1-3H2,(H,11,12). The summed E-state index contributed by atoms with van der Waals surface area (Å²) in [5, 5.41) is 16.5. The second-order valence-electron chi connectivity index (χ2n) is 2.23. The Morgan fingerprint density at radius 3 is 2.31 bits per heavy atom. The average molecular weight is 218 g/mol. The number of aliphatic carboxylic acids is 1. The van der Waals surface area contributed by atoms with E-state index in [1.54, 1.807) is 0 Å². The van der Waals surface area contributed by atoms with E-state index >= 15 is 0 Å². The van der Waals surface area contributed by atoms with E-state index in [9.17, 15) is 18.0 Å². The van der Waals surface area contributed by atoms with Gasteiger partial charge in [0.1, 0.15) is 0 Å². The SMILES string of the molecule is O=C(O)C(CSCCO)C(F)(F)F. The lowest BCUT2D eigenvalue weighted by molar-refractivity contribution is -0.188. The number of halogens is 3. The van der Waals surface area contributed by atoms with Crippen LogP contribution in [0.1, 0.15) is 0 Å². The first kappa shape index (κ1) is 12.6. The smallest absolute Gasteiger partial charge is 0.403 e. The van der Waals surface area contributed by atoms with Crippen molar-refractivity contribution >= 4 is 17.7 Å². The van der Waals surface area contributed by atoms with Gasteiger partial charge in [0.05, 0.1) is 6.61 Å². The summed E-state index contributed by atoms with van der Waals surface area (Å²) >= 11 is 0.766. The third-order valence-corrected chi connectivity index (χ3v) is 2.25. The van der Waals surface area contributed by atoms with E-state index in [0.717, 1.165) is 11.8 Å². The fraction of sp³-hybridized carbons (Fsp3) is 0.833. The second-order valence-corrected chi connectivity index (χ2v) is 3.38. The molecule has 0 rings (SSSR count). The summed E-state index contributed by atoms with van der Waals surface area (Å²) in [6.07, 6.45) is -4.71. The molecule has 1 atom stereocenters. The second kappa shape index (κ2) is 5.33. The van der Waals surface area contributed by atoms with Crippen LogP contribution >= 0.6 is 11.8 Å². The normalized spacial score (nSPS) is 14.2. The number of alkyl halides is 3. The maximum atomic E-state index is 11.9. The van der Waals surface area contributed by atoms with Crippen LogP contribution < -0.4 is 0 Å². The Labute approximate surface area is 76.9 Å². The van der Waals surface area contributed by atoms with E-state index in [4.69, 9.17) is 10.2 Å². The Hall–Kier alpha value is -0.430. The van der Waals surface area contributed by atoms with Gasteiger partial charge in [0.2, 0.25) is 0 Å². The fourth-order valence-corrected chi connectivity index (χ4v) is 1.43. The highest BCUT2D eigenvalue weighted by Gasteiger charge is 2.44. The molecule has 0 radical (unpaired) electrons. The molecule has 0 aliphatic rings. The largest absolute Gasteiger partial charge is 0.481 e. The first-order chi connectivity index (χ1) is 5.89. The van der Waals surface area contributed by atoms with Gasteiger partial charge in [-0.1, -0.05) is 0 Å². The molecule has 3 nitrogen and oxygen atoms in total. The van der Waals surface area contributed by atoms with Gasteiger partial charge in [0.25, 0.3) is 0 Å². The highest BCUT2D eigenvalue weighted by Crippen LogP contribution is 2.29. The van der Waals surface area contributed by atoms with Gasteiger partial charge in [-0.2, -0.15) is 24.9 Å². The molecule has 0 fully saturated rings. The lowest BCUT2D eigenvalue weighted by Gasteiger charge is -2.14. The Bertz CT molecular complexity index is 171. The molecule has 0 aromatic rings. The van der Waals surface area contributed by atoms with Crippen LogP contribution in [0, 0.1) is 5.92 Å². The number of thioether (sulfide) groups is 1. The molecular weight excluding hydrogens is 209 g/mol. The van der Waals surface area contributed by atoms with E-state index in [-0.39, 0.29) is 12.4 Å². The molecule has 0 heterocycles. The van der Waals surface area contributed by atoms with Crippen LogP contribution in [0.3, 0.4) is 0 Å². The van der Waals surface area contributed by atoms with Crippen molar-refractivity contribution in [2.45, 2.75) is 6.18 Å². The first-order valence-electron chi connectivity index (χ1n) is 3.37. The van der Waals surface area contributed by atoms with Crippen LogP contribution in [0.4, 0.5) is 13.2 Å². The first-order valence-corrected chi connectivity index (χ1v) is 4.53. The Balaban J connectivity index is 4.04. The van der Waals surface area contributed by atoms with Gasteiger partial charge >= 0.3 is 12.1 Å². The van der Waals surface area contributed by atoms with E-state index in [0.29, 0.717) is 0 Å². The van der Waals surface area contributed by atoms with E-state index < -0.39 is 23.8 Å². The summed E-state index contributed by atoms with van der Waals surface area (Å²) in [7, 11) is 0. The van der Waals surface area contributed by atoms with Crippen molar-refractivity contribution in [3.63, 3.8) is 0 Å². The Morgan fingerprint density at radius 2 is 2.00 bits per heavy atom. The minimum absolute atomic E-state index is 0.111. The quantitative estimate of drug-likeness (QED) is 0.675. The summed E-state index contributed by atoms with van der Waals surface area (Å²) in [6, 6.07) is 0. The summed E-state index contributed by atoms with van der Waals surface area (Å²) in [4.78, 5) is 10.1. The van der Waals surface area contributed by atoms with Crippen LogP contribution in [0.25, 0.3) is 0 Å². The molecule has 0 aromatic heterocycles. The fourth-order valence-electron chi connectivity index (χ4n) is 0.572. The molecule has 2 N–H and O–H groups in total. The molecule has 0 saturated carbocycles. The number of carboxylic acid groups (broad SMARTS) is 1. The highest BCUT2D eigenvalue weighted by atomic mass is 32.2. The highest BCUT2D eigenvalue weighted by molar-refractivity contribution is 7.99. The summed E-state index contributed by atoms with van der Waals surface area (Å²) in [6.45, 7) is -0.255. The molecule has 0 spiro atoms. The molecule has 78 valence electrons. The van der Waals surface area contributed by atoms with Gasteiger partial charge in [-0.05, 0) is 0 Å². The van der Waals surface area contributed by atoms with Gasteiger partial charge in [-0.15, -0.1) is 0 Å². The molecule has 0 aliphatic heterocycles. The van der Waals surface area contributed by atoms with Crippen molar-refractivity contribution < 1.29 is 28.2 Å². The van der Waals surface area contributed by atoms with E-state index in [2.05, 4.69) is 0 Å². The minimum Gasteiger partial charge on any atom is -0.481 e. The van der Waals surface area contributed by atoms with Crippen LogP contribution in [0.2, 0.25) is 0 Å². The number of rotatable bonds is 5. The van der Waals surface area contributed by atoms with E-state index in [1.165, 1.54) is 0 Å². The number of carbonyl (C=O) groups is 1. The van der Waals surface area contributed by atoms with Gasteiger partial charge in [0.15, 0.2) is 5.92 Å². The van der Waals surface area contributed by atoms with Gasteiger partial charge in [0, 0.05) is 11.5 Å². The molecule has 1 unspecified atom stereocenters. The van der Waals surface area contributed by atoms with Crippen LogP contribution in [-0.2, 0) is 4.79 Å². The summed E-state index contributed by atoms with van der Waals surface area (Å²) in [5.74, 6) is -4.67. The van der Waals surface area contributed by atoms with Crippen molar-refractivity contribution in [2.75, 3.05) is 18.1 Å². The molecule has 7 heteroatoms. The molecule has 0 saturated heterocycles. The third-order valence-electron chi connectivity index (χ3n) is 1.21. The molecular formula is C6H9F3O3S. The maximum Gasteiger partial charge on any atom is 0.403 e. The predicted molar refractivity (Wildman–Crippen MR) is 41.6 cm³/mol. The van der Waals surface area contributed by atoms with E-state index in [1.807, 2.05) is 0 Å². The minimum atomic E-state index is -4.71. The summed E-state index contributed by atoms with van der Waals surface area (Å²) < 4.78 is 35.8. The van der Waals surface area contributed by atoms with Crippen molar-refractivity contribution in [1.82, 2.24) is 0 Å². The lowest BCUT2D eigenvalue weighted by Crippen LogP contribution is -2.32. The van der Waals surface area contributed by atoms with Gasteiger partial charge in [-0.3, -0.25) is 4.79 Å². The lowest BCUT2D eigenvalue weighted by atomic mass is 10.2. The van der Waals surface area contributed by atoms with Crippen LogP contribution in [0.5, 0.6) is 0 Å². The molecule has 0 aromatic carbocycles. The zero-order valence-electron chi connectivity index (χ0n) is 6.54. The van der Waals surface area contributed by atoms with Crippen molar-refractivity contribution in [2.24, 2.45) is 5.92 Å². The predicted octanol–water partition coefficient (Wildman–Crippen LogP) is 0.975. The molecule has 0 aliphatic carbocycles. The number of hydrogen-bond donors (Lipinski definition) is 2. The monoisotopic (exact) mass is 218 g/mol. The van der Waals surface area contributed by atoms with Gasteiger partial charge < -0.3 is 10.2 Å². The zero-order valence-corrected chi connectivity index (χ0v) is 7.36. The Kier molecular flexibility index (Phi) is 5.16. The molecule has 0 bridgehead atoms. The summed E-state index contributed by atoms with van der Waals surface area (Å²) in [5.41, 5.74) is 0. The van der Waals surface area contributed by atoms with Crippen LogP contribution in [-0.4, -0.2) is 40.5 Å². The number of aliphatic hydroxyl groups is 1. The molecule has 13 heavy (non-hydrogen) atoms. The van der Waals surface area contributed by atoms with Crippen molar-refractivity contribution in [1.29, 1.82) is 0 Å². The topological polar surface area (TPSA) is 57.5 Å².